The summed E-state index contributed by atoms with van der Waals surface area (Å²) in [6.07, 6.45) is 1.62. The Morgan fingerprint density at radius 1 is 1.24 bits per heavy atom. The molecule has 21 heavy (non-hydrogen) atoms. The van der Waals surface area contributed by atoms with Gasteiger partial charge >= 0.3 is 0 Å². The van der Waals surface area contributed by atoms with Crippen molar-refractivity contribution < 1.29 is 14.6 Å². The molecule has 1 heterocycles. The Kier molecular flexibility index (Phi) is 6.55. The van der Waals surface area contributed by atoms with E-state index in [-0.39, 0.29) is 23.6 Å². The largest absolute Gasteiger partial charge is 0.389 e. The van der Waals surface area contributed by atoms with Gasteiger partial charge in [0.25, 0.3) is 0 Å². The maximum atomic E-state index is 10.5. The zero-order valence-electron chi connectivity index (χ0n) is 13.1. The summed E-state index contributed by atoms with van der Waals surface area (Å²) in [5.74, 6) is 0.0758. The van der Waals surface area contributed by atoms with Gasteiger partial charge in [0, 0.05) is 17.4 Å². The second-order valence-corrected chi connectivity index (χ2v) is 6.85. The molecule has 1 aliphatic heterocycles. The van der Waals surface area contributed by atoms with E-state index in [0.29, 0.717) is 0 Å². The lowest BCUT2D eigenvalue weighted by molar-refractivity contribution is -0.180. The van der Waals surface area contributed by atoms with E-state index in [9.17, 15) is 5.11 Å². The van der Waals surface area contributed by atoms with Gasteiger partial charge in [-0.05, 0) is 25.5 Å². The Bertz CT molecular complexity index is 412. The maximum Gasteiger partial charge on any atom is 0.134 e. The van der Waals surface area contributed by atoms with Crippen molar-refractivity contribution in [3.63, 3.8) is 0 Å². The zero-order chi connectivity index (χ0) is 15.2. The first-order valence-corrected chi connectivity index (χ1v) is 8.68. The van der Waals surface area contributed by atoms with E-state index in [0.717, 1.165) is 24.3 Å². The molecule has 3 nitrogen and oxygen atoms in total. The lowest BCUT2D eigenvalue weighted by atomic mass is 9.92. The second-order valence-electron chi connectivity index (χ2n) is 5.68. The third-order valence-electron chi connectivity index (χ3n) is 3.95. The summed E-state index contributed by atoms with van der Waals surface area (Å²) in [7, 11) is 0. The quantitative estimate of drug-likeness (QED) is 0.813. The summed E-state index contributed by atoms with van der Waals surface area (Å²) in [6, 6.07) is 10.1. The zero-order valence-corrected chi connectivity index (χ0v) is 13.9. The van der Waals surface area contributed by atoms with E-state index >= 15 is 0 Å². The first-order chi connectivity index (χ1) is 10.1. The highest BCUT2D eigenvalue weighted by Crippen LogP contribution is 2.36. The number of hydrogen-bond acceptors (Lipinski definition) is 4. The highest BCUT2D eigenvalue weighted by atomic mass is 32.2. The molecule has 0 unspecified atom stereocenters. The second kappa shape index (κ2) is 8.18. The SMILES string of the molecule is CCCCO[C@@H]1[C@@H](C)[C@@H](O)[C@H](Sc2ccccc2)O[C@H]1C. The number of thioether (sulfide) groups is 1. The van der Waals surface area contributed by atoms with Crippen LogP contribution >= 0.6 is 11.8 Å². The maximum absolute atomic E-state index is 10.5. The average molecular weight is 310 g/mol. The summed E-state index contributed by atoms with van der Waals surface area (Å²) in [4.78, 5) is 1.12. The third kappa shape index (κ3) is 4.46. The molecule has 1 N–H and O–H groups in total. The molecule has 4 heteroatoms. The topological polar surface area (TPSA) is 38.7 Å². The lowest BCUT2D eigenvalue weighted by Crippen LogP contribution is -2.52. The molecule has 1 aromatic rings. The Hall–Kier alpha value is -0.550. The molecular formula is C17H26O3S. The molecule has 0 spiro atoms. The molecule has 118 valence electrons. The minimum Gasteiger partial charge on any atom is -0.389 e. The third-order valence-corrected chi connectivity index (χ3v) is 5.12. The summed E-state index contributed by atoms with van der Waals surface area (Å²) in [5.41, 5.74) is -0.233. The predicted molar refractivity (Wildman–Crippen MR) is 86.5 cm³/mol. The van der Waals surface area contributed by atoms with Crippen molar-refractivity contribution in [3.8, 4) is 0 Å². The van der Waals surface area contributed by atoms with Crippen LogP contribution in [0.2, 0.25) is 0 Å². The summed E-state index contributed by atoms with van der Waals surface area (Å²) < 4.78 is 11.9. The first-order valence-electron chi connectivity index (χ1n) is 7.80. The van der Waals surface area contributed by atoms with Gasteiger partial charge in [0.2, 0.25) is 0 Å². The molecule has 1 aliphatic rings. The van der Waals surface area contributed by atoms with Gasteiger partial charge in [-0.25, -0.2) is 0 Å². The van der Waals surface area contributed by atoms with Crippen LogP contribution in [0.4, 0.5) is 0 Å². The van der Waals surface area contributed by atoms with Gasteiger partial charge in [0.05, 0.1) is 18.3 Å². The van der Waals surface area contributed by atoms with Crippen molar-refractivity contribution in [2.75, 3.05) is 6.61 Å². The van der Waals surface area contributed by atoms with Gasteiger partial charge in [-0.15, -0.1) is 0 Å². The van der Waals surface area contributed by atoms with Crippen molar-refractivity contribution in [3.05, 3.63) is 30.3 Å². The fourth-order valence-corrected chi connectivity index (χ4v) is 3.82. The van der Waals surface area contributed by atoms with E-state index in [4.69, 9.17) is 9.47 Å². The molecule has 0 radical (unpaired) electrons. The number of benzene rings is 1. The van der Waals surface area contributed by atoms with Crippen LogP contribution in [0.1, 0.15) is 33.6 Å². The average Bonchev–Trinajstić information content (AvgIpc) is 2.49. The molecule has 1 fully saturated rings. The number of ether oxygens (including phenoxy) is 2. The van der Waals surface area contributed by atoms with Crippen molar-refractivity contribution >= 4 is 11.8 Å². The standard InChI is InChI=1S/C17H26O3S/c1-4-5-11-19-16-12(2)15(18)17(20-13(16)3)21-14-9-7-6-8-10-14/h6-10,12-13,15-18H,4-5,11H2,1-3H3/t12-,13-,15+,16+,17-/m0/s1. The molecule has 0 saturated carbocycles. The molecule has 0 aliphatic carbocycles. The molecule has 0 bridgehead atoms. The molecule has 0 aromatic heterocycles. The highest BCUT2D eigenvalue weighted by molar-refractivity contribution is 7.99. The molecule has 2 rings (SSSR count). The lowest BCUT2D eigenvalue weighted by Gasteiger charge is -2.42. The monoisotopic (exact) mass is 310 g/mol. The van der Waals surface area contributed by atoms with Crippen LogP contribution in [0.15, 0.2) is 35.2 Å². The first kappa shape index (κ1) is 16.8. The van der Waals surface area contributed by atoms with Gasteiger partial charge in [-0.2, -0.15) is 0 Å². The minimum atomic E-state index is -0.516. The van der Waals surface area contributed by atoms with Gasteiger partial charge in [-0.3, -0.25) is 0 Å². The molecule has 0 amide bonds. The van der Waals surface area contributed by atoms with Gasteiger partial charge in [-0.1, -0.05) is 50.2 Å². The number of aliphatic hydroxyl groups excluding tert-OH is 1. The molecular weight excluding hydrogens is 284 g/mol. The summed E-state index contributed by atoms with van der Waals surface area (Å²) >= 11 is 1.58. The summed E-state index contributed by atoms with van der Waals surface area (Å²) in [5, 5.41) is 10.5. The normalized spacial score (nSPS) is 33.0. The number of hydrogen-bond donors (Lipinski definition) is 1. The van der Waals surface area contributed by atoms with Crippen LogP contribution in [-0.4, -0.2) is 35.5 Å². The molecule has 1 saturated heterocycles. The van der Waals surface area contributed by atoms with Crippen LogP contribution in [0.5, 0.6) is 0 Å². The van der Waals surface area contributed by atoms with Gasteiger partial charge in [0.1, 0.15) is 5.44 Å². The molecule has 5 atom stereocenters. The van der Waals surface area contributed by atoms with Crippen LogP contribution < -0.4 is 0 Å². The summed E-state index contributed by atoms with van der Waals surface area (Å²) in [6.45, 7) is 6.98. The van der Waals surface area contributed by atoms with Crippen molar-refractivity contribution in [2.45, 2.75) is 62.3 Å². The predicted octanol–water partition coefficient (Wildman–Crippen LogP) is 3.71. The van der Waals surface area contributed by atoms with Crippen molar-refractivity contribution in [1.29, 1.82) is 0 Å². The Balaban J connectivity index is 1.95. The fraction of sp³-hybridized carbons (Fsp3) is 0.647. The van der Waals surface area contributed by atoms with Crippen LogP contribution in [0.3, 0.4) is 0 Å². The van der Waals surface area contributed by atoms with Gasteiger partial charge in [0.15, 0.2) is 0 Å². The number of aliphatic hydroxyl groups is 1. The van der Waals surface area contributed by atoms with E-state index in [1.807, 2.05) is 37.3 Å². The smallest absolute Gasteiger partial charge is 0.134 e. The fourth-order valence-electron chi connectivity index (χ4n) is 2.62. The van der Waals surface area contributed by atoms with Crippen LogP contribution in [-0.2, 0) is 9.47 Å². The Morgan fingerprint density at radius 3 is 2.62 bits per heavy atom. The van der Waals surface area contributed by atoms with Gasteiger partial charge < -0.3 is 14.6 Å². The van der Waals surface area contributed by atoms with E-state index in [1.54, 1.807) is 11.8 Å². The van der Waals surface area contributed by atoms with E-state index in [2.05, 4.69) is 13.8 Å². The number of rotatable bonds is 6. The number of unbranched alkanes of at least 4 members (excludes halogenated alkanes) is 1. The van der Waals surface area contributed by atoms with E-state index in [1.165, 1.54) is 0 Å². The minimum absolute atomic E-state index is 0.00136. The highest BCUT2D eigenvalue weighted by Gasteiger charge is 2.41. The van der Waals surface area contributed by atoms with Crippen molar-refractivity contribution in [1.82, 2.24) is 0 Å². The van der Waals surface area contributed by atoms with E-state index < -0.39 is 6.10 Å². The Labute approximate surface area is 132 Å². The molecule has 1 aromatic carbocycles. The van der Waals surface area contributed by atoms with Crippen LogP contribution in [0, 0.1) is 5.92 Å². The Morgan fingerprint density at radius 2 is 1.95 bits per heavy atom. The van der Waals surface area contributed by atoms with Crippen molar-refractivity contribution in [2.24, 2.45) is 5.92 Å². The van der Waals surface area contributed by atoms with Crippen LogP contribution in [0.25, 0.3) is 0 Å².